The molecule has 1 spiro atoms. The summed E-state index contributed by atoms with van der Waals surface area (Å²) in [6.45, 7) is 1.46. The highest BCUT2D eigenvalue weighted by Crippen LogP contribution is 2.40. The SMILES string of the molecule is Cl.Cl.O=C1OC2(CCC(CNc3nc(-c4ccccn4)cs3)CC2)CN1c1ccccn1. The maximum atomic E-state index is 12.4. The number of ether oxygens (including phenoxy) is 1. The molecule has 1 saturated heterocycles. The summed E-state index contributed by atoms with van der Waals surface area (Å²) in [5.74, 6) is 1.20. The quantitative estimate of drug-likeness (QED) is 0.509. The minimum atomic E-state index is -0.377. The topological polar surface area (TPSA) is 80.2 Å². The van der Waals surface area contributed by atoms with Gasteiger partial charge in [-0.15, -0.1) is 36.2 Å². The third-order valence-corrected chi connectivity index (χ3v) is 6.69. The molecule has 7 nitrogen and oxygen atoms in total. The first kappa shape index (κ1) is 24.2. The Kier molecular flexibility index (Phi) is 7.92. The molecule has 3 aromatic heterocycles. The number of carbonyl (C=O) groups is 1. The van der Waals surface area contributed by atoms with Crippen LogP contribution in [0.2, 0.25) is 0 Å². The number of nitrogens with one attached hydrogen (secondary N) is 1. The molecule has 1 N–H and O–H groups in total. The normalized spacial score (nSPS) is 22.1. The lowest BCUT2D eigenvalue weighted by atomic mass is 9.78. The van der Waals surface area contributed by atoms with Crippen LogP contribution in [-0.4, -0.2) is 39.7 Å². The van der Waals surface area contributed by atoms with E-state index in [1.807, 2.05) is 41.8 Å². The van der Waals surface area contributed by atoms with Gasteiger partial charge in [-0.2, -0.15) is 0 Å². The van der Waals surface area contributed by atoms with Crippen molar-refractivity contribution in [3.63, 3.8) is 0 Å². The third-order valence-electron chi connectivity index (χ3n) is 5.89. The zero-order valence-electron chi connectivity index (χ0n) is 17.3. The van der Waals surface area contributed by atoms with Gasteiger partial charge in [-0.05, 0) is 55.9 Å². The van der Waals surface area contributed by atoms with Crippen molar-refractivity contribution in [3.8, 4) is 11.4 Å². The molecule has 1 aliphatic heterocycles. The van der Waals surface area contributed by atoms with Gasteiger partial charge in [-0.25, -0.2) is 14.8 Å². The average Bonchev–Trinajstić information content (AvgIpc) is 3.39. The van der Waals surface area contributed by atoms with Gasteiger partial charge in [0.05, 0.1) is 12.2 Å². The number of rotatable bonds is 5. The van der Waals surface area contributed by atoms with Crippen molar-refractivity contribution in [2.24, 2.45) is 5.92 Å². The fourth-order valence-electron chi connectivity index (χ4n) is 4.20. The summed E-state index contributed by atoms with van der Waals surface area (Å²) in [5, 5.41) is 6.43. The number of carbonyl (C=O) groups excluding carboxylic acids is 1. The molecule has 0 atom stereocenters. The van der Waals surface area contributed by atoms with Crippen molar-refractivity contribution >= 4 is 53.2 Å². The summed E-state index contributed by atoms with van der Waals surface area (Å²) in [6, 6.07) is 11.4. The Morgan fingerprint density at radius 1 is 1.06 bits per heavy atom. The molecule has 4 heterocycles. The van der Waals surface area contributed by atoms with Crippen LogP contribution < -0.4 is 10.2 Å². The smallest absolute Gasteiger partial charge is 0.416 e. The first-order valence-corrected chi connectivity index (χ1v) is 11.1. The van der Waals surface area contributed by atoms with Gasteiger partial charge >= 0.3 is 6.09 Å². The zero-order chi connectivity index (χ0) is 20.4. The second-order valence-corrected chi connectivity index (χ2v) is 8.76. The Balaban J connectivity index is 0.00000144. The molecule has 0 aromatic carbocycles. The van der Waals surface area contributed by atoms with Gasteiger partial charge in [0.2, 0.25) is 0 Å². The number of hydrogen-bond acceptors (Lipinski definition) is 7. The third kappa shape index (κ3) is 5.14. The lowest BCUT2D eigenvalue weighted by molar-refractivity contribution is 0.0148. The van der Waals surface area contributed by atoms with Crippen molar-refractivity contribution in [1.82, 2.24) is 15.0 Å². The van der Waals surface area contributed by atoms with E-state index < -0.39 is 0 Å². The Morgan fingerprint density at radius 2 is 1.81 bits per heavy atom. The van der Waals surface area contributed by atoms with Gasteiger partial charge in [-0.3, -0.25) is 9.88 Å². The summed E-state index contributed by atoms with van der Waals surface area (Å²) >= 11 is 1.60. The molecule has 3 aromatic rings. The van der Waals surface area contributed by atoms with Gasteiger partial charge in [-0.1, -0.05) is 12.1 Å². The number of pyridine rings is 2. The van der Waals surface area contributed by atoms with E-state index in [9.17, 15) is 4.79 Å². The summed E-state index contributed by atoms with van der Waals surface area (Å²) in [4.78, 5) is 27.4. The maximum absolute atomic E-state index is 12.4. The molecule has 0 bridgehead atoms. The molecule has 2 fully saturated rings. The Labute approximate surface area is 203 Å². The van der Waals surface area contributed by atoms with Crippen LogP contribution in [-0.2, 0) is 4.74 Å². The molecule has 1 aliphatic carbocycles. The summed E-state index contributed by atoms with van der Waals surface area (Å²) in [5.41, 5.74) is 1.42. The van der Waals surface area contributed by atoms with Crippen LogP contribution in [0, 0.1) is 5.92 Å². The first-order valence-electron chi connectivity index (χ1n) is 10.2. The van der Waals surface area contributed by atoms with Gasteiger partial charge in [0.25, 0.3) is 0 Å². The number of amides is 1. The minimum absolute atomic E-state index is 0. The number of nitrogens with zero attached hydrogens (tertiary/aromatic N) is 4. The van der Waals surface area contributed by atoms with E-state index in [-0.39, 0.29) is 36.5 Å². The van der Waals surface area contributed by atoms with E-state index in [1.54, 1.807) is 28.6 Å². The monoisotopic (exact) mass is 493 g/mol. The van der Waals surface area contributed by atoms with Gasteiger partial charge < -0.3 is 10.1 Å². The largest absolute Gasteiger partial charge is 0.441 e. The Bertz CT molecular complexity index is 1010. The second-order valence-electron chi connectivity index (χ2n) is 7.90. The average molecular weight is 494 g/mol. The molecular weight excluding hydrogens is 469 g/mol. The van der Waals surface area contributed by atoms with E-state index >= 15 is 0 Å². The van der Waals surface area contributed by atoms with Crippen LogP contribution >= 0.6 is 36.2 Å². The molecule has 1 saturated carbocycles. The van der Waals surface area contributed by atoms with Crippen molar-refractivity contribution in [2.75, 3.05) is 23.3 Å². The standard InChI is InChI=1S/C22H23N5O2S.2ClH/c28-21-27(19-6-2-4-12-24-19)15-22(29-21)9-7-16(8-10-22)13-25-20-26-18(14-30-20)17-5-1-3-11-23-17;;/h1-6,11-12,14,16H,7-10,13,15H2,(H,25,26);2*1H. The van der Waals surface area contributed by atoms with Crippen molar-refractivity contribution in [1.29, 1.82) is 0 Å². The fourth-order valence-corrected chi connectivity index (χ4v) is 4.91. The lowest BCUT2D eigenvalue weighted by Gasteiger charge is -2.35. The van der Waals surface area contributed by atoms with Gasteiger partial charge in [0.1, 0.15) is 17.1 Å². The Morgan fingerprint density at radius 3 is 2.50 bits per heavy atom. The second kappa shape index (κ2) is 10.5. The molecule has 32 heavy (non-hydrogen) atoms. The van der Waals surface area contributed by atoms with Crippen LogP contribution in [0.25, 0.3) is 11.4 Å². The lowest BCUT2D eigenvalue weighted by Crippen LogP contribution is -2.39. The van der Waals surface area contributed by atoms with Crippen LogP contribution in [0.15, 0.2) is 54.2 Å². The van der Waals surface area contributed by atoms with E-state index in [1.165, 1.54) is 0 Å². The predicted molar refractivity (Wildman–Crippen MR) is 131 cm³/mol. The zero-order valence-corrected chi connectivity index (χ0v) is 19.8. The van der Waals surface area contributed by atoms with E-state index in [4.69, 9.17) is 4.74 Å². The van der Waals surface area contributed by atoms with Gasteiger partial charge in [0.15, 0.2) is 5.13 Å². The highest BCUT2D eigenvalue weighted by atomic mass is 35.5. The molecule has 10 heteroatoms. The van der Waals surface area contributed by atoms with Crippen molar-refractivity contribution in [2.45, 2.75) is 31.3 Å². The van der Waals surface area contributed by atoms with Crippen LogP contribution in [0.1, 0.15) is 25.7 Å². The first-order chi connectivity index (χ1) is 14.7. The molecular formula is C22H25Cl2N5O2S. The highest BCUT2D eigenvalue weighted by molar-refractivity contribution is 7.14. The molecule has 0 radical (unpaired) electrons. The number of aromatic nitrogens is 3. The van der Waals surface area contributed by atoms with Crippen molar-refractivity contribution in [3.05, 3.63) is 54.2 Å². The van der Waals surface area contributed by atoms with E-state index in [0.29, 0.717) is 18.3 Å². The molecule has 2 aliphatic rings. The van der Waals surface area contributed by atoms with Gasteiger partial charge in [0, 0.05) is 24.3 Å². The van der Waals surface area contributed by atoms with E-state index in [0.717, 1.165) is 48.7 Å². The number of halogens is 2. The van der Waals surface area contributed by atoms with Crippen LogP contribution in [0.3, 0.4) is 0 Å². The number of hydrogen-bond donors (Lipinski definition) is 1. The van der Waals surface area contributed by atoms with Crippen LogP contribution in [0.5, 0.6) is 0 Å². The molecule has 1 amide bonds. The molecule has 170 valence electrons. The highest BCUT2D eigenvalue weighted by Gasteiger charge is 2.47. The number of anilines is 2. The summed E-state index contributed by atoms with van der Waals surface area (Å²) < 4.78 is 5.83. The maximum Gasteiger partial charge on any atom is 0.416 e. The summed E-state index contributed by atoms with van der Waals surface area (Å²) in [7, 11) is 0. The predicted octanol–water partition coefficient (Wildman–Crippen LogP) is 5.44. The number of thiazole rings is 1. The summed E-state index contributed by atoms with van der Waals surface area (Å²) in [6.07, 6.45) is 7.01. The molecule has 5 rings (SSSR count). The molecule has 0 unspecified atom stereocenters. The van der Waals surface area contributed by atoms with Crippen LogP contribution in [0.4, 0.5) is 15.7 Å². The van der Waals surface area contributed by atoms with Crippen molar-refractivity contribution < 1.29 is 9.53 Å². The minimum Gasteiger partial charge on any atom is -0.441 e. The van der Waals surface area contributed by atoms with E-state index in [2.05, 4.69) is 20.3 Å². The Hall–Kier alpha value is -2.42. The fraction of sp³-hybridized carbons (Fsp3) is 0.364.